The van der Waals surface area contributed by atoms with E-state index in [1.165, 1.54) is 14.5 Å². The summed E-state index contributed by atoms with van der Waals surface area (Å²) >= 11 is 8.08. The van der Waals surface area contributed by atoms with E-state index in [4.69, 9.17) is 11.6 Å². The summed E-state index contributed by atoms with van der Waals surface area (Å²) < 4.78 is 1.23. The van der Waals surface area contributed by atoms with E-state index in [2.05, 4.69) is 46.6 Å². The molecule has 1 aromatic carbocycles. The maximum Gasteiger partial charge on any atom is 0.0709 e. The predicted octanol–water partition coefficient (Wildman–Crippen LogP) is 3.89. The molecular formula is C11H9ClIN. The second-order valence-electron chi connectivity index (χ2n) is 3.23. The summed E-state index contributed by atoms with van der Waals surface area (Å²) in [6, 6.07) is 8.30. The fourth-order valence-corrected chi connectivity index (χ4v) is 2.13. The van der Waals surface area contributed by atoms with Crippen molar-refractivity contribution >= 4 is 45.1 Å². The van der Waals surface area contributed by atoms with Gasteiger partial charge in [-0.05, 0) is 59.3 Å². The highest BCUT2D eigenvalue weighted by Gasteiger charge is 2.02. The Hall–Kier alpha value is -0.350. The summed E-state index contributed by atoms with van der Waals surface area (Å²) in [7, 11) is 0. The highest BCUT2D eigenvalue weighted by Crippen LogP contribution is 2.20. The van der Waals surface area contributed by atoms with Crippen LogP contribution < -0.4 is 0 Å². The van der Waals surface area contributed by atoms with Crippen LogP contribution in [0.3, 0.4) is 0 Å². The largest absolute Gasteiger partial charge is 0.252 e. The summed E-state index contributed by atoms with van der Waals surface area (Å²) in [4.78, 5) is 4.46. The van der Waals surface area contributed by atoms with Crippen molar-refractivity contribution in [2.45, 2.75) is 12.8 Å². The van der Waals surface area contributed by atoms with Gasteiger partial charge in [-0.2, -0.15) is 0 Å². The summed E-state index contributed by atoms with van der Waals surface area (Å²) in [5, 5.41) is 1.21. The molecule has 0 bridgehead atoms. The fourth-order valence-electron chi connectivity index (χ4n) is 1.50. The third kappa shape index (κ3) is 1.86. The minimum absolute atomic E-state index is 0.475. The van der Waals surface area contributed by atoms with Gasteiger partial charge < -0.3 is 0 Å². The molecule has 0 fully saturated rings. The maximum absolute atomic E-state index is 5.77. The van der Waals surface area contributed by atoms with Crippen molar-refractivity contribution in [1.82, 2.24) is 4.98 Å². The van der Waals surface area contributed by atoms with Gasteiger partial charge in [-0.25, -0.2) is 0 Å². The molecule has 3 heteroatoms. The van der Waals surface area contributed by atoms with Crippen LogP contribution in [0.2, 0.25) is 0 Å². The molecule has 0 aliphatic heterocycles. The molecule has 0 radical (unpaired) electrons. The van der Waals surface area contributed by atoms with Gasteiger partial charge in [0.1, 0.15) is 0 Å². The molecule has 0 spiro atoms. The number of hydrogen-bond acceptors (Lipinski definition) is 1. The molecular weight excluding hydrogens is 308 g/mol. The Morgan fingerprint density at radius 3 is 2.86 bits per heavy atom. The monoisotopic (exact) mass is 317 g/mol. The molecule has 0 amide bonds. The highest BCUT2D eigenvalue weighted by atomic mass is 127. The number of rotatable bonds is 1. The zero-order valence-electron chi connectivity index (χ0n) is 7.72. The topological polar surface area (TPSA) is 12.9 Å². The first-order chi connectivity index (χ1) is 6.70. The highest BCUT2D eigenvalue weighted by molar-refractivity contribution is 14.1. The number of hydrogen-bond donors (Lipinski definition) is 0. The minimum Gasteiger partial charge on any atom is -0.252 e. The van der Waals surface area contributed by atoms with Crippen LogP contribution in [0, 0.1) is 10.5 Å². The Kier molecular flexibility index (Phi) is 2.93. The predicted molar refractivity (Wildman–Crippen MR) is 68.8 cm³/mol. The average molecular weight is 318 g/mol. The van der Waals surface area contributed by atoms with E-state index in [0.29, 0.717) is 5.88 Å². The Labute approximate surface area is 102 Å². The van der Waals surface area contributed by atoms with Crippen molar-refractivity contribution in [3.63, 3.8) is 0 Å². The lowest BCUT2D eigenvalue weighted by atomic mass is 10.1. The summed E-state index contributed by atoms with van der Waals surface area (Å²) in [6.45, 7) is 2.09. The van der Waals surface area contributed by atoms with Crippen LogP contribution in [-0.4, -0.2) is 4.98 Å². The molecule has 0 N–H and O–H groups in total. The van der Waals surface area contributed by atoms with Crippen molar-refractivity contribution in [3.8, 4) is 0 Å². The van der Waals surface area contributed by atoms with E-state index in [0.717, 1.165) is 11.2 Å². The molecule has 2 aromatic rings. The van der Waals surface area contributed by atoms with Gasteiger partial charge in [0.05, 0.1) is 17.1 Å². The Balaban J connectivity index is 2.76. The lowest BCUT2D eigenvalue weighted by Gasteiger charge is -2.04. The lowest BCUT2D eigenvalue weighted by Crippen LogP contribution is -1.90. The zero-order chi connectivity index (χ0) is 10.1. The molecule has 0 aliphatic rings. The standard InChI is InChI=1S/C11H9ClIN/c1-7-4-9(6-12)14-11-3-2-8(13)5-10(7)11/h2-5H,6H2,1H3. The molecule has 0 saturated carbocycles. The van der Waals surface area contributed by atoms with Crippen LogP contribution in [0.15, 0.2) is 24.3 Å². The molecule has 72 valence electrons. The van der Waals surface area contributed by atoms with Crippen molar-refractivity contribution in [1.29, 1.82) is 0 Å². The van der Waals surface area contributed by atoms with Gasteiger partial charge in [0.25, 0.3) is 0 Å². The molecule has 0 saturated heterocycles. The van der Waals surface area contributed by atoms with Gasteiger partial charge in [0, 0.05) is 8.96 Å². The van der Waals surface area contributed by atoms with Crippen molar-refractivity contribution in [2.24, 2.45) is 0 Å². The molecule has 1 aromatic heterocycles. The fraction of sp³-hybridized carbons (Fsp3) is 0.182. The van der Waals surface area contributed by atoms with Gasteiger partial charge in [0.2, 0.25) is 0 Å². The molecule has 1 nitrogen and oxygen atoms in total. The smallest absolute Gasteiger partial charge is 0.0709 e. The first-order valence-electron chi connectivity index (χ1n) is 4.32. The minimum atomic E-state index is 0.475. The van der Waals surface area contributed by atoms with Gasteiger partial charge in [-0.1, -0.05) is 0 Å². The van der Waals surface area contributed by atoms with E-state index in [1.54, 1.807) is 0 Å². The number of pyridine rings is 1. The molecule has 14 heavy (non-hydrogen) atoms. The molecule has 1 heterocycles. The van der Waals surface area contributed by atoms with Crippen LogP contribution in [0.25, 0.3) is 10.9 Å². The molecule has 0 atom stereocenters. The van der Waals surface area contributed by atoms with Crippen molar-refractivity contribution in [3.05, 3.63) is 39.1 Å². The Morgan fingerprint density at radius 2 is 2.14 bits per heavy atom. The van der Waals surface area contributed by atoms with Gasteiger partial charge >= 0.3 is 0 Å². The second-order valence-corrected chi connectivity index (χ2v) is 4.74. The zero-order valence-corrected chi connectivity index (χ0v) is 10.6. The number of aryl methyl sites for hydroxylation is 1. The van der Waals surface area contributed by atoms with Crippen molar-refractivity contribution in [2.75, 3.05) is 0 Å². The van der Waals surface area contributed by atoms with E-state index < -0.39 is 0 Å². The average Bonchev–Trinajstić information content (AvgIpc) is 2.19. The van der Waals surface area contributed by atoms with Crippen molar-refractivity contribution < 1.29 is 0 Å². The third-order valence-electron chi connectivity index (χ3n) is 2.17. The number of nitrogens with zero attached hydrogens (tertiary/aromatic N) is 1. The SMILES string of the molecule is Cc1cc(CCl)nc2ccc(I)cc12. The van der Waals surface area contributed by atoms with Gasteiger partial charge in [-0.3, -0.25) is 4.98 Å². The number of halogens is 2. The summed E-state index contributed by atoms with van der Waals surface area (Å²) in [5.74, 6) is 0.475. The lowest BCUT2D eigenvalue weighted by molar-refractivity contribution is 1.20. The molecule has 0 unspecified atom stereocenters. The maximum atomic E-state index is 5.77. The molecule has 0 aliphatic carbocycles. The van der Waals surface area contributed by atoms with Gasteiger partial charge in [0.15, 0.2) is 0 Å². The van der Waals surface area contributed by atoms with E-state index in [9.17, 15) is 0 Å². The summed E-state index contributed by atoms with van der Waals surface area (Å²) in [5.41, 5.74) is 3.21. The normalized spacial score (nSPS) is 10.8. The second kappa shape index (κ2) is 4.03. The van der Waals surface area contributed by atoms with E-state index in [1.807, 2.05) is 12.1 Å². The number of alkyl halides is 1. The first-order valence-corrected chi connectivity index (χ1v) is 5.94. The Bertz CT molecular complexity index is 482. The third-order valence-corrected chi connectivity index (χ3v) is 3.11. The van der Waals surface area contributed by atoms with Gasteiger partial charge in [-0.15, -0.1) is 11.6 Å². The van der Waals surface area contributed by atoms with E-state index in [-0.39, 0.29) is 0 Å². The van der Waals surface area contributed by atoms with Crippen LogP contribution in [0.4, 0.5) is 0 Å². The van der Waals surface area contributed by atoms with E-state index >= 15 is 0 Å². The Morgan fingerprint density at radius 1 is 1.36 bits per heavy atom. The first kappa shape index (κ1) is 10.2. The molecule has 2 rings (SSSR count). The van der Waals surface area contributed by atoms with Crippen LogP contribution in [-0.2, 0) is 5.88 Å². The van der Waals surface area contributed by atoms with Crippen LogP contribution in [0.5, 0.6) is 0 Å². The summed E-state index contributed by atoms with van der Waals surface area (Å²) in [6.07, 6.45) is 0. The van der Waals surface area contributed by atoms with Crippen LogP contribution >= 0.6 is 34.2 Å². The quantitative estimate of drug-likeness (QED) is 0.574. The number of aromatic nitrogens is 1. The number of fused-ring (bicyclic) bond motifs is 1. The number of benzene rings is 1. The van der Waals surface area contributed by atoms with Crippen LogP contribution in [0.1, 0.15) is 11.3 Å².